The molecule has 9 aromatic heterocycles. The molecule has 0 spiro atoms. The third-order valence-electron chi connectivity index (χ3n) is 18.9. The van der Waals surface area contributed by atoms with Crippen LogP contribution in [0.1, 0.15) is 253 Å². The maximum atomic E-state index is 4.88. The second-order valence-electron chi connectivity index (χ2n) is 31.2. The lowest BCUT2D eigenvalue weighted by Crippen LogP contribution is -1.94. The number of thiophene rings is 1. The highest BCUT2D eigenvalue weighted by molar-refractivity contribution is 7.10. The Kier molecular flexibility index (Phi) is 35.1. The van der Waals surface area contributed by atoms with Gasteiger partial charge in [0.1, 0.15) is 12.2 Å². The van der Waals surface area contributed by atoms with E-state index in [0.29, 0.717) is 59.2 Å². The molecule has 0 saturated heterocycles. The van der Waals surface area contributed by atoms with Gasteiger partial charge in [0.15, 0.2) is 0 Å². The lowest BCUT2D eigenvalue weighted by atomic mass is 9.96. The summed E-state index contributed by atoms with van der Waals surface area (Å²) < 4.78 is 9.75. The van der Waals surface area contributed by atoms with Gasteiger partial charge in [-0.25, -0.2) is 19.9 Å². The van der Waals surface area contributed by atoms with Crippen molar-refractivity contribution in [2.75, 3.05) is 0 Å². The SMILES string of the molecule is CC(C)c1ccc2ccccc2n1.CC(C)c1cccc2ccccc12.CC(C)c1cccs1.CC(C)c1ccnc2ccccc12.CC(C)c1ccoc1.CC(C)c1ccoc1.CC(C)c1cnc2ccccc2n1.CC(C)c1nc2ccccc2[nH]1.CC(C)c1nccc2ccccc12.CC(C)c1ncnc2ccccc12. The molecule has 0 aliphatic rings. The minimum atomic E-state index is 0.442. The largest absolute Gasteiger partial charge is 0.472 e. The lowest BCUT2D eigenvalue weighted by molar-refractivity contribution is 0.561. The number of H-pyrrole nitrogens is 1. The molecular weight excluding hydrogens is 1420 g/mol. The first kappa shape index (κ1) is 88.2. The summed E-state index contributed by atoms with van der Waals surface area (Å²) in [4.78, 5) is 39.9. The van der Waals surface area contributed by atoms with Crippen molar-refractivity contribution in [1.29, 1.82) is 0 Å². The van der Waals surface area contributed by atoms with Gasteiger partial charge in [0.2, 0.25) is 0 Å². The van der Waals surface area contributed by atoms with Gasteiger partial charge in [-0.05, 0) is 176 Å². The number of imidazole rings is 1. The highest BCUT2D eigenvalue weighted by Gasteiger charge is 2.11. The number of hydrogen-bond acceptors (Lipinski definition) is 11. The zero-order chi connectivity index (χ0) is 82.1. The number of nitrogens with one attached hydrogen (secondary N) is 1. The Balaban J connectivity index is 0.000000159. The van der Waals surface area contributed by atoms with Crippen molar-refractivity contribution in [1.82, 2.24) is 44.9 Å². The van der Waals surface area contributed by atoms with Gasteiger partial charge in [0.05, 0.1) is 80.8 Å². The number of para-hydroxylation sites is 7. The van der Waals surface area contributed by atoms with E-state index in [9.17, 15) is 0 Å². The minimum absolute atomic E-state index is 0.442. The smallest absolute Gasteiger partial charge is 0.116 e. The van der Waals surface area contributed by atoms with Crippen molar-refractivity contribution in [2.45, 2.75) is 198 Å². The van der Waals surface area contributed by atoms with Crippen LogP contribution in [-0.2, 0) is 0 Å². The maximum absolute atomic E-state index is 4.88. The van der Waals surface area contributed by atoms with E-state index in [1.807, 2.05) is 127 Å². The van der Waals surface area contributed by atoms with E-state index in [0.717, 1.165) is 55.8 Å². The minimum Gasteiger partial charge on any atom is -0.472 e. The highest BCUT2D eigenvalue weighted by atomic mass is 32.1. The highest BCUT2D eigenvalue weighted by Crippen LogP contribution is 2.28. The molecule has 0 aliphatic heterocycles. The molecule has 0 radical (unpaired) electrons. The summed E-state index contributed by atoms with van der Waals surface area (Å²) in [5, 5.41) is 11.1. The molecule has 0 fully saturated rings. The van der Waals surface area contributed by atoms with Gasteiger partial charge in [-0.15, -0.1) is 11.3 Å². The number of aromatic amines is 1. The predicted octanol–water partition coefficient (Wildman–Crippen LogP) is 29.9. The van der Waals surface area contributed by atoms with Crippen LogP contribution < -0.4 is 0 Å². The van der Waals surface area contributed by atoms with E-state index >= 15 is 0 Å². The van der Waals surface area contributed by atoms with Crippen LogP contribution in [0.3, 0.4) is 0 Å². The quantitative estimate of drug-likeness (QED) is 0.140. The Bertz CT molecular complexity index is 5000. The summed E-state index contributed by atoms with van der Waals surface area (Å²) in [6.07, 6.45) is 14.2. The number of aromatic nitrogens is 9. The van der Waals surface area contributed by atoms with Gasteiger partial charge in [0.25, 0.3) is 0 Å². The fraction of sp³-hybridized carbons (Fsp3) is 0.294. The Morgan fingerprint density at radius 2 is 0.772 bits per heavy atom. The Morgan fingerprint density at radius 1 is 0.289 bits per heavy atom. The van der Waals surface area contributed by atoms with E-state index in [1.54, 1.807) is 31.4 Å². The monoisotopic (exact) mass is 1530 g/mol. The summed E-state index contributed by atoms with van der Waals surface area (Å²) in [5.41, 5.74) is 17.2. The Hall–Kier alpha value is -11.3. The molecule has 590 valence electrons. The maximum Gasteiger partial charge on any atom is 0.116 e. The molecule has 9 heterocycles. The first-order chi connectivity index (χ1) is 54.9. The number of nitrogens with zero attached hydrogens (tertiary/aromatic N) is 8. The molecule has 8 aromatic carbocycles. The van der Waals surface area contributed by atoms with Crippen LogP contribution in [0.15, 0.2) is 301 Å². The molecule has 17 aromatic rings. The first-order valence-corrected chi connectivity index (χ1v) is 41.2. The predicted molar refractivity (Wildman–Crippen MR) is 487 cm³/mol. The third-order valence-corrected chi connectivity index (χ3v) is 20.1. The van der Waals surface area contributed by atoms with Crippen molar-refractivity contribution in [3.8, 4) is 0 Å². The van der Waals surface area contributed by atoms with Gasteiger partial charge < -0.3 is 13.8 Å². The van der Waals surface area contributed by atoms with E-state index < -0.39 is 0 Å². The molecule has 0 saturated carbocycles. The van der Waals surface area contributed by atoms with Crippen LogP contribution in [0.2, 0.25) is 0 Å². The van der Waals surface area contributed by atoms with E-state index in [1.165, 1.54) is 76.2 Å². The molecule has 0 unspecified atom stereocenters. The molecule has 1 N–H and O–H groups in total. The van der Waals surface area contributed by atoms with Crippen molar-refractivity contribution in [2.24, 2.45) is 0 Å². The zero-order valence-corrected chi connectivity index (χ0v) is 71.6. The number of fused-ring (bicyclic) bond motifs is 7. The molecular formula is C102H119N9O2S. The number of furan rings is 2. The number of benzene rings is 8. The average Bonchev–Trinajstić information content (AvgIpc) is 1.14. The van der Waals surface area contributed by atoms with Crippen molar-refractivity contribution in [3.05, 3.63) is 348 Å². The molecule has 17 rings (SSSR count). The lowest BCUT2D eigenvalue weighted by Gasteiger charge is -2.08. The zero-order valence-electron chi connectivity index (χ0n) is 70.8. The fourth-order valence-corrected chi connectivity index (χ4v) is 12.9. The molecule has 114 heavy (non-hydrogen) atoms. The van der Waals surface area contributed by atoms with Crippen molar-refractivity contribution >= 4 is 87.7 Å². The van der Waals surface area contributed by atoms with Crippen LogP contribution >= 0.6 is 11.3 Å². The second-order valence-corrected chi connectivity index (χ2v) is 32.2. The Morgan fingerprint density at radius 3 is 1.30 bits per heavy atom. The molecule has 0 atom stereocenters. The van der Waals surface area contributed by atoms with E-state index in [-0.39, 0.29) is 0 Å². The van der Waals surface area contributed by atoms with Gasteiger partial charge in [-0.3, -0.25) is 19.9 Å². The van der Waals surface area contributed by atoms with Gasteiger partial charge in [-0.1, -0.05) is 296 Å². The van der Waals surface area contributed by atoms with Gasteiger partial charge in [0, 0.05) is 56.6 Å². The third kappa shape index (κ3) is 26.9. The Labute approximate surface area is 682 Å². The molecule has 0 aliphatic carbocycles. The molecule has 11 nitrogen and oxygen atoms in total. The second kappa shape index (κ2) is 45.4. The normalized spacial score (nSPS) is 10.9. The first-order valence-electron chi connectivity index (χ1n) is 40.3. The molecule has 0 amide bonds. The van der Waals surface area contributed by atoms with E-state index in [2.05, 4.69) is 328 Å². The summed E-state index contributed by atoms with van der Waals surface area (Å²) in [6.45, 7) is 43.4. The number of hydrogen-bond donors (Lipinski definition) is 1. The standard InChI is InChI=1S/C13H14.3C12H13N.2C11H12N2.C10H12N2.2C7H10O.C7H10S/c1-10(2)12-9-5-7-11-6-3-4-8-13(11)12;1-9(2)10-7-8-13-12-6-4-3-5-11(10)12;1-9(2)11-8-7-10-5-3-4-6-12(10)13-11;1-9(2)12-11-6-4-3-5-10(11)7-8-13-12;1-8(2)11-9-5-3-4-6-10(9)12-7-13-11;1-8(2)11-7-12-9-5-3-4-6-10(9)13-11;1-7(2)10-11-8-5-3-4-6-9(8)12-10;2*1-6(2)7-3-4-8-5-7;1-6(2)7-4-3-5-8-7/h3-10H,1-2H3;3*3-9H,1-2H3;2*3-8H,1-2H3;3-7H,1-2H3,(H,11,12);3*3-6H,1-2H3. The van der Waals surface area contributed by atoms with Crippen molar-refractivity contribution in [3.63, 3.8) is 0 Å². The van der Waals surface area contributed by atoms with Crippen LogP contribution in [-0.4, -0.2) is 44.9 Å². The number of pyridine rings is 3. The molecule has 12 heteroatoms. The summed E-state index contributed by atoms with van der Waals surface area (Å²) in [5.74, 6) is 6.48. The summed E-state index contributed by atoms with van der Waals surface area (Å²) >= 11 is 1.83. The van der Waals surface area contributed by atoms with Gasteiger partial charge in [-0.2, -0.15) is 0 Å². The van der Waals surface area contributed by atoms with Crippen LogP contribution in [0, 0.1) is 0 Å². The van der Waals surface area contributed by atoms with Gasteiger partial charge >= 0.3 is 0 Å². The number of rotatable bonds is 10. The topological polar surface area (TPSA) is 145 Å². The van der Waals surface area contributed by atoms with Crippen LogP contribution in [0.5, 0.6) is 0 Å². The molecule has 0 bridgehead atoms. The van der Waals surface area contributed by atoms with Crippen LogP contribution in [0.4, 0.5) is 0 Å². The average molecular weight is 1540 g/mol. The van der Waals surface area contributed by atoms with Crippen molar-refractivity contribution < 1.29 is 8.83 Å². The summed E-state index contributed by atoms with van der Waals surface area (Å²) in [6, 6.07) is 80.8. The van der Waals surface area contributed by atoms with E-state index in [4.69, 9.17) is 8.83 Å². The summed E-state index contributed by atoms with van der Waals surface area (Å²) in [7, 11) is 0. The van der Waals surface area contributed by atoms with Crippen LogP contribution in [0.25, 0.3) is 76.3 Å². The fourth-order valence-electron chi connectivity index (χ4n) is 12.2.